The van der Waals surface area contributed by atoms with Gasteiger partial charge in [0, 0.05) is 26.2 Å². The van der Waals surface area contributed by atoms with Crippen molar-refractivity contribution in [2.75, 3.05) is 57.6 Å². The molecule has 0 amide bonds. The second-order valence-corrected chi connectivity index (χ2v) is 17.3. The van der Waals surface area contributed by atoms with Crippen LogP contribution in [0.4, 0.5) is 0 Å². The summed E-state index contributed by atoms with van der Waals surface area (Å²) in [5.41, 5.74) is 0. The molecule has 0 aliphatic heterocycles. The molecule has 0 heterocycles. The lowest BCUT2D eigenvalue weighted by atomic mass is 10.4. The van der Waals surface area contributed by atoms with Gasteiger partial charge in [-0.3, -0.25) is 28.4 Å². The summed E-state index contributed by atoms with van der Waals surface area (Å²) < 4.78 is 57.4. The highest BCUT2D eigenvalue weighted by Gasteiger charge is 2.28. The second kappa shape index (κ2) is 12.7. The molecule has 2 atom stereocenters. The zero-order valence-electron chi connectivity index (χ0n) is 17.6. The van der Waals surface area contributed by atoms with Crippen LogP contribution in [-0.2, 0) is 22.8 Å². The fraction of sp³-hybridized carbons (Fsp3) is 1.00. The van der Waals surface area contributed by atoms with Crippen LogP contribution in [0.1, 0.15) is 0 Å². The van der Waals surface area contributed by atoms with Gasteiger partial charge < -0.3 is 48.3 Å². The first kappa shape index (κ1) is 32.8. The van der Waals surface area contributed by atoms with E-state index in [1.807, 2.05) is 0 Å². The van der Waals surface area contributed by atoms with E-state index in [9.17, 15) is 42.4 Å². The number of rotatable bonds is 16. The number of hydrogen-bond acceptors (Lipinski definition) is 8. The zero-order chi connectivity index (χ0) is 25.6. The van der Waals surface area contributed by atoms with Crippen LogP contribution in [0.15, 0.2) is 0 Å². The van der Waals surface area contributed by atoms with Crippen molar-refractivity contribution in [3.8, 4) is 0 Å². The van der Waals surface area contributed by atoms with Gasteiger partial charge in [0.15, 0.2) is 14.5 Å². The molecule has 0 aromatic heterocycles. The van der Waals surface area contributed by atoms with Crippen LogP contribution in [-0.4, -0.2) is 127 Å². The van der Waals surface area contributed by atoms with Crippen molar-refractivity contribution in [3.63, 3.8) is 0 Å². The van der Waals surface area contributed by atoms with Gasteiger partial charge in [0.25, 0.3) is 0 Å². The van der Waals surface area contributed by atoms with E-state index in [4.69, 9.17) is 19.6 Å². The molecule has 0 aromatic rings. The third-order valence-electron chi connectivity index (χ3n) is 3.54. The average molecular weight is 565 g/mol. The van der Waals surface area contributed by atoms with Crippen molar-refractivity contribution < 1.29 is 62.0 Å². The van der Waals surface area contributed by atoms with Crippen molar-refractivity contribution in [1.29, 1.82) is 0 Å². The molecule has 0 aliphatic carbocycles. The normalized spacial score (nSPS) is 17.6. The fourth-order valence-corrected chi connectivity index (χ4v) is 7.33. The number of hydrogen-bond donors (Lipinski definition) is 8. The van der Waals surface area contributed by atoms with Crippen LogP contribution in [0.5, 0.6) is 0 Å². The molecular formula is C9H30B2N3O13P5. The predicted molar refractivity (Wildman–Crippen MR) is 122 cm³/mol. The van der Waals surface area contributed by atoms with E-state index in [1.54, 1.807) is 0 Å². The molecular weight excluding hydrogens is 535 g/mol. The van der Waals surface area contributed by atoms with Gasteiger partial charge >= 0.3 is 22.8 Å². The average Bonchev–Trinajstić information content (AvgIpc) is 2.41. The van der Waals surface area contributed by atoms with E-state index in [2.05, 4.69) is 0 Å². The van der Waals surface area contributed by atoms with E-state index in [-0.39, 0.29) is 26.2 Å². The topological polar surface area (TPSA) is 257 Å². The SMILES string of the molecule is BP(=O)(O)CN(CCN(CCN(CP(=O)(O)O)CP(=O)(O)O)CP(=O)(O)O)CP(B)(=O)O. The summed E-state index contributed by atoms with van der Waals surface area (Å²) in [7, 11) is -19.3. The Hall–Kier alpha value is 0.840. The van der Waals surface area contributed by atoms with E-state index >= 15 is 0 Å². The lowest BCUT2D eigenvalue weighted by molar-refractivity contribution is 0.203. The third kappa shape index (κ3) is 21.4. The predicted octanol–water partition coefficient (Wildman–Crippen LogP) is -3.15. The number of nitrogens with zero attached hydrogens (tertiary/aromatic N) is 3. The van der Waals surface area contributed by atoms with Gasteiger partial charge in [0.1, 0.15) is 18.9 Å². The highest BCUT2D eigenvalue weighted by Crippen LogP contribution is 2.42. The Morgan fingerprint density at radius 2 is 0.656 bits per heavy atom. The molecule has 190 valence electrons. The Bertz CT molecular complexity index is 729. The molecule has 0 aliphatic rings. The molecule has 0 fully saturated rings. The molecule has 32 heavy (non-hydrogen) atoms. The summed E-state index contributed by atoms with van der Waals surface area (Å²) in [4.78, 5) is 77.2. The molecule has 2 unspecified atom stereocenters. The molecule has 23 heteroatoms. The molecule has 0 saturated carbocycles. The molecule has 0 aromatic carbocycles. The zero-order valence-corrected chi connectivity index (χ0v) is 22.0. The van der Waals surface area contributed by atoms with Crippen LogP contribution in [0.2, 0.25) is 0 Å². The van der Waals surface area contributed by atoms with Gasteiger partial charge in [0.05, 0.1) is 12.6 Å². The molecule has 0 bridgehead atoms. The quantitative estimate of drug-likeness (QED) is 0.0679. The lowest BCUT2D eigenvalue weighted by Gasteiger charge is -2.31. The van der Waals surface area contributed by atoms with Gasteiger partial charge in [-0.15, -0.1) is 0 Å². The Morgan fingerprint density at radius 3 is 0.906 bits per heavy atom. The minimum absolute atomic E-state index is 0.159. The minimum atomic E-state index is -4.70. The largest absolute Gasteiger partial charge is 0.351 e. The third-order valence-corrected chi connectivity index (χ3v) is 7.70. The van der Waals surface area contributed by atoms with Gasteiger partial charge in [-0.1, -0.05) is 0 Å². The summed E-state index contributed by atoms with van der Waals surface area (Å²) in [6.07, 6.45) is -3.75. The van der Waals surface area contributed by atoms with Crippen molar-refractivity contribution in [2.45, 2.75) is 0 Å². The van der Waals surface area contributed by atoms with Crippen molar-refractivity contribution in [1.82, 2.24) is 14.7 Å². The van der Waals surface area contributed by atoms with Crippen molar-refractivity contribution >= 4 is 52.4 Å². The van der Waals surface area contributed by atoms with Crippen LogP contribution >= 0.6 is 37.3 Å². The highest BCUT2D eigenvalue weighted by molar-refractivity contribution is 7.83. The van der Waals surface area contributed by atoms with Crippen molar-refractivity contribution in [3.05, 3.63) is 0 Å². The molecule has 0 saturated heterocycles. The summed E-state index contributed by atoms with van der Waals surface area (Å²) >= 11 is 0. The summed E-state index contributed by atoms with van der Waals surface area (Å²) in [5, 5.41) is 0. The van der Waals surface area contributed by atoms with Gasteiger partial charge in [-0.2, -0.15) is 0 Å². The maximum Gasteiger partial charge on any atom is 0.339 e. The van der Waals surface area contributed by atoms with E-state index in [1.165, 1.54) is 4.90 Å². The summed E-state index contributed by atoms with van der Waals surface area (Å²) in [6.45, 7) is -1.02. The van der Waals surface area contributed by atoms with Crippen molar-refractivity contribution in [2.24, 2.45) is 0 Å². The van der Waals surface area contributed by atoms with Gasteiger partial charge in [0.2, 0.25) is 15.1 Å². The second-order valence-electron chi connectivity index (χ2n) is 7.71. The maximum atomic E-state index is 11.7. The molecule has 0 spiro atoms. The summed E-state index contributed by atoms with van der Waals surface area (Å²) in [6, 6.07) is 0. The van der Waals surface area contributed by atoms with E-state index in [0.29, 0.717) is 0 Å². The van der Waals surface area contributed by atoms with Crippen LogP contribution in [0.3, 0.4) is 0 Å². The van der Waals surface area contributed by atoms with Gasteiger partial charge in [-0.05, 0) is 0 Å². The van der Waals surface area contributed by atoms with Crippen LogP contribution in [0, 0.1) is 0 Å². The van der Waals surface area contributed by atoms with Crippen LogP contribution in [0.25, 0.3) is 0 Å². The Morgan fingerprint density at radius 1 is 0.438 bits per heavy atom. The standard InChI is InChI=1S/C9H30B2N3O13P5/c10-28(15,16)5-13(6-29(11,17)18)3-1-12(7-30(19,20)21)2-4-14(8-31(22,23)24)9-32(25,26)27/h1-11H2,(H,15,16)(H,17,18)(H2,19,20,21)(H2,22,23,24)(H2,25,26,27). The summed E-state index contributed by atoms with van der Waals surface area (Å²) in [5.74, 6) is 0. The molecule has 8 N–H and O–H groups in total. The molecule has 16 nitrogen and oxygen atoms in total. The first-order valence-electron chi connectivity index (χ1n) is 8.83. The molecule has 0 radical (unpaired) electrons. The maximum absolute atomic E-state index is 11.7. The highest BCUT2D eigenvalue weighted by atomic mass is 31.2. The fourth-order valence-electron chi connectivity index (χ4n) is 2.71. The Labute approximate surface area is 187 Å². The monoisotopic (exact) mass is 565 g/mol. The van der Waals surface area contributed by atoms with Crippen LogP contribution < -0.4 is 0 Å². The minimum Gasteiger partial charge on any atom is -0.351 e. The Kier molecular flexibility index (Phi) is 13.0. The molecule has 0 rings (SSSR count). The smallest absolute Gasteiger partial charge is 0.339 e. The Balaban J connectivity index is 5.41. The van der Waals surface area contributed by atoms with E-state index < -0.39 is 68.7 Å². The first-order valence-corrected chi connectivity index (χ1v) is 18.8. The van der Waals surface area contributed by atoms with E-state index in [0.717, 1.165) is 24.9 Å². The first-order chi connectivity index (χ1) is 13.9. The van der Waals surface area contributed by atoms with Gasteiger partial charge in [-0.25, -0.2) is 0 Å². The lowest BCUT2D eigenvalue weighted by Crippen LogP contribution is -2.41.